The van der Waals surface area contributed by atoms with Gasteiger partial charge in [-0.3, -0.25) is 9.59 Å². The van der Waals surface area contributed by atoms with Crippen LogP contribution in [0.3, 0.4) is 0 Å². The minimum atomic E-state index is -0.545. The second-order valence-corrected chi connectivity index (χ2v) is 6.18. The maximum absolute atomic E-state index is 14.1. The van der Waals surface area contributed by atoms with Crippen molar-refractivity contribution in [1.82, 2.24) is 9.97 Å². The van der Waals surface area contributed by atoms with Gasteiger partial charge in [0.05, 0.1) is 22.1 Å². The van der Waals surface area contributed by atoms with Gasteiger partial charge >= 0.3 is 0 Å². The van der Waals surface area contributed by atoms with E-state index in [2.05, 4.69) is 9.97 Å². The van der Waals surface area contributed by atoms with Crippen LogP contribution in [-0.4, -0.2) is 9.97 Å². The highest BCUT2D eigenvalue weighted by atomic mass is 19.1. The summed E-state index contributed by atoms with van der Waals surface area (Å²) < 4.78 is 28.1. The van der Waals surface area contributed by atoms with Crippen LogP contribution >= 0.6 is 0 Å². The van der Waals surface area contributed by atoms with Crippen molar-refractivity contribution in [3.05, 3.63) is 80.6 Å². The van der Waals surface area contributed by atoms with Gasteiger partial charge in [0.1, 0.15) is 11.6 Å². The van der Waals surface area contributed by atoms with E-state index in [0.717, 1.165) is 0 Å². The first-order valence-corrected chi connectivity index (χ1v) is 7.93. The Morgan fingerprint density at radius 3 is 1.46 bits per heavy atom. The molecule has 6 heteroatoms. The Morgan fingerprint density at radius 1 is 0.615 bits per heavy atom. The van der Waals surface area contributed by atoms with E-state index in [1.165, 1.54) is 48.5 Å². The molecule has 0 spiro atoms. The number of hydrogen-bond donors (Lipinski definition) is 2. The lowest BCUT2D eigenvalue weighted by atomic mass is 10.1. The minimum Gasteiger partial charge on any atom is -0.352 e. The molecule has 2 N–H and O–H groups in total. The van der Waals surface area contributed by atoms with Crippen molar-refractivity contribution in [2.45, 2.75) is 0 Å². The lowest BCUT2D eigenvalue weighted by Crippen LogP contribution is -2.09. The quantitative estimate of drug-likeness (QED) is 0.416. The molecule has 0 aliphatic carbocycles. The Morgan fingerprint density at radius 2 is 1.04 bits per heavy atom. The third-order valence-electron chi connectivity index (χ3n) is 4.68. The molecule has 0 amide bonds. The molecule has 4 nitrogen and oxygen atoms in total. The van der Waals surface area contributed by atoms with Crippen molar-refractivity contribution >= 4 is 43.6 Å². The highest BCUT2D eigenvalue weighted by Crippen LogP contribution is 2.23. The number of pyridine rings is 2. The molecule has 0 bridgehead atoms. The van der Waals surface area contributed by atoms with Gasteiger partial charge in [0.2, 0.25) is 0 Å². The first kappa shape index (κ1) is 14.8. The number of aromatic amines is 2. The van der Waals surface area contributed by atoms with Gasteiger partial charge in [0.25, 0.3) is 0 Å². The highest BCUT2D eigenvalue weighted by Gasteiger charge is 2.13. The molecule has 0 aliphatic heterocycles. The fourth-order valence-electron chi connectivity index (χ4n) is 3.42. The zero-order valence-electron chi connectivity index (χ0n) is 13.2. The van der Waals surface area contributed by atoms with Crippen LogP contribution in [0.5, 0.6) is 0 Å². The van der Waals surface area contributed by atoms with Gasteiger partial charge in [-0.25, -0.2) is 8.78 Å². The summed E-state index contributed by atoms with van der Waals surface area (Å²) in [5.74, 6) is -1.09. The number of fused-ring (bicyclic) bond motifs is 4. The van der Waals surface area contributed by atoms with Crippen molar-refractivity contribution in [1.29, 1.82) is 0 Å². The van der Waals surface area contributed by atoms with E-state index >= 15 is 0 Å². The average molecular weight is 348 g/mol. The van der Waals surface area contributed by atoms with Crippen LogP contribution in [0.15, 0.2) is 58.1 Å². The fraction of sp³-hybridized carbons (Fsp3) is 0. The Balaban J connectivity index is 2.04. The van der Waals surface area contributed by atoms with E-state index < -0.39 is 11.6 Å². The lowest BCUT2D eigenvalue weighted by Gasteiger charge is -2.07. The molecule has 0 radical (unpaired) electrons. The normalized spacial score (nSPS) is 11.8. The number of H-pyrrole nitrogens is 2. The van der Waals surface area contributed by atoms with Crippen LogP contribution in [0.4, 0.5) is 8.78 Å². The summed E-state index contributed by atoms with van der Waals surface area (Å²) in [5, 5.41) is 1.02. The molecule has 2 aromatic heterocycles. The predicted molar refractivity (Wildman–Crippen MR) is 97.6 cm³/mol. The van der Waals surface area contributed by atoms with Crippen LogP contribution in [0.25, 0.3) is 43.6 Å². The molecule has 3 aromatic carbocycles. The number of aromatic nitrogens is 2. The molecule has 5 aromatic rings. The van der Waals surface area contributed by atoms with Crippen LogP contribution in [0.2, 0.25) is 0 Å². The van der Waals surface area contributed by atoms with Gasteiger partial charge in [-0.1, -0.05) is 12.1 Å². The molecule has 0 atom stereocenters. The maximum atomic E-state index is 14.1. The summed E-state index contributed by atoms with van der Waals surface area (Å²) in [7, 11) is 0. The average Bonchev–Trinajstić information content (AvgIpc) is 2.63. The van der Waals surface area contributed by atoms with E-state index in [1.807, 2.05) is 0 Å². The first-order chi connectivity index (χ1) is 12.5. The smallest absolute Gasteiger partial charge is 0.197 e. The van der Waals surface area contributed by atoms with Crippen LogP contribution < -0.4 is 10.9 Å². The van der Waals surface area contributed by atoms with Gasteiger partial charge in [-0.05, 0) is 36.4 Å². The molecule has 0 unspecified atom stereocenters. The Labute approximate surface area is 143 Å². The number of para-hydroxylation sites is 2. The molecule has 26 heavy (non-hydrogen) atoms. The summed E-state index contributed by atoms with van der Waals surface area (Å²) in [4.78, 5) is 31.3. The number of hydrogen-bond acceptors (Lipinski definition) is 2. The molecular weight excluding hydrogens is 338 g/mol. The van der Waals surface area contributed by atoms with Crippen LogP contribution in [-0.2, 0) is 0 Å². The zero-order chi connectivity index (χ0) is 18.0. The van der Waals surface area contributed by atoms with Gasteiger partial charge in [-0.2, -0.15) is 0 Å². The van der Waals surface area contributed by atoms with Crippen molar-refractivity contribution in [2.75, 3.05) is 0 Å². The largest absolute Gasteiger partial charge is 0.352 e. The van der Waals surface area contributed by atoms with Gasteiger partial charge < -0.3 is 9.97 Å². The van der Waals surface area contributed by atoms with E-state index in [4.69, 9.17) is 0 Å². The van der Waals surface area contributed by atoms with Crippen molar-refractivity contribution in [3.63, 3.8) is 0 Å². The summed E-state index contributed by atoms with van der Waals surface area (Å²) in [5.41, 5.74) is 0.164. The number of benzene rings is 3. The fourth-order valence-corrected chi connectivity index (χ4v) is 3.42. The summed E-state index contributed by atoms with van der Waals surface area (Å²) in [6.45, 7) is 0. The monoisotopic (exact) mass is 348 g/mol. The van der Waals surface area contributed by atoms with Gasteiger partial charge in [0.15, 0.2) is 10.9 Å². The summed E-state index contributed by atoms with van der Waals surface area (Å²) in [6.07, 6.45) is 0. The second kappa shape index (κ2) is 4.98. The van der Waals surface area contributed by atoms with Crippen molar-refractivity contribution < 1.29 is 8.78 Å². The minimum absolute atomic E-state index is 0.0904. The van der Waals surface area contributed by atoms with Crippen molar-refractivity contribution in [2.24, 2.45) is 0 Å². The van der Waals surface area contributed by atoms with E-state index in [1.54, 1.807) is 0 Å². The second-order valence-electron chi connectivity index (χ2n) is 6.18. The maximum Gasteiger partial charge on any atom is 0.197 e. The van der Waals surface area contributed by atoms with E-state index in [9.17, 15) is 18.4 Å². The summed E-state index contributed by atoms with van der Waals surface area (Å²) in [6, 6.07) is 11.5. The van der Waals surface area contributed by atoms with Crippen LogP contribution in [0, 0.1) is 11.6 Å². The Hall–Kier alpha value is -3.54. The van der Waals surface area contributed by atoms with Crippen molar-refractivity contribution in [3.8, 4) is 0 Å². The van der Waals surface area contributed by atoms with E-state index in [0.29, 0.717) is 21.8 Å². The predicted octanol–water partition coefficient (Wildman–Crippen LogP) is 3.95. The highest BCUT2D eigenvalue weighted by molar-refractivity contribution is 6.02. The molecular formula is C20H10F2N2O2. The third-order valence-corrected chi connectivity index (χ3v) is 4.68. The Bertz CT molecular complexity index is 1380. The number of nitrogens with one attached hydrogen (secondary N) is 2. The molecule has 0 saturated heterocycles. The topological polar surface area (TPSA) is 65.7 Å². The first-order valence-electron chi connectivity index (χ1n) is 7.93. The van der Waals surface area contributed by atoms with Gasteiger partial charge in [0, 0.05) is 21.5 Å². The number of halogens is 2. The molecule has 0 aliphatic rings. The molecule has 126 valence electrons. The molecule has 0 fully saturated rings. The standard InChI is InChI=1S/C20H10F2N2O2/c21-13-5-1-3-9-17(13)23-15-8-12-16(7-11(15)19(9)25)24-18-10(20(12)26)4-2-6-14(18)22/h1-8H,(H,23,25)(H,24,26). The number of rotatable bonds is 0. The zero-order valence-corrected chi connectivity index (χ0v) is 13.2. The Kier molecular flexibility index (Phi) is 2.83. The van der Waals surface area contributed by atoms with Gasteiger partial charge in [-0.15, -0.1) is 0 Å². The van der Waals surface area contributed by atoms with E-state index in [-0.39, 0.29) is 32.7 Å². The third kappa shape index (κ3) is 1.86. The SMILES string of the molecule is O=c1c2cc3[nH]c4c(F)cccc4c(=O)c3cc2[nH]c2c(F)cccc12. The molecule has 0 saturated carbocycles. The summed E-state index contributed by atoms with van der Waals surface area (Å²) >= 11 is 0. The van der Waals surface area contributed by atoms with Crippen LogP contribution in [0.1, 0.15) is 0 Å². The lowest BCUT2D eigenvalue weighted by molar-refractivity contribution is 0.636. The molecule has 5 rings (SSSR count). The molecule has 2 heterocycles.